The summed E-state index contributed by atoms with van der Waals surface area (Å²) in [5.41, 5.74) is 0.267. The van der Waals surface area contributed by atoms with Crippen LogP contribution < -0.4 is 10.6 Å². The molecule has 1 atom stereocenters. The Hall–Kier alpha value is -0.460. The van der Waals surface area contributed by atoms with E-state index in [-0.39, 0.29) is 5.54 Å². The molecule has 2 saturated heterocycles. The first-order valence-corrected chi connectivity index (χ1v) is 8.69. The SMILES string of the molecule is CN=C(NCC1(N2CCOCC2)CCSC1)NC(C)C. The molecule has 0 amide bonds. The second-order valence-corrected chi connectivity index (χ2v) is 6.96. The van der Waals surface area contributed by atoms with Gasteiger partial charge >= 0.3 is 0 Å². The van der Waals surface area contributed by atoms with Gasteiger partial charge in [-0.15, -0.1) is 0 Å². The summed E-state index contributed by atoms with van der Waals surface area (Å²) in [6, 6.07) is 0.401. The van der Waals surface area contributed by atoms with E-state index in [2.05, 4.69) is 46.1 Å². The lowest BCUT2D eigenvalue weighted by Gasteiger charge is -2.43. The summed E-state index contributed by atoms with van der Waals surface area (Å²) in [6.07, 6.45) is 1.25. The van der Waals surface area contributed by atoms with Crippen LogP contribution >= 0.6 is 11.8 Å². The Kier molecular flexibility index (Phi) is 5.99. The molecule has 6 heteroatoms. The largest absolute Gasteiger partial charge is 0.379 e. The molecule has 5 nitrogen and oxygen atoms in total. The van der Waals surface area contributed by atoms with Crippen molar-refractivity contribution < 1.29 is 4.74 Å². The lowest BCUT2D eigenvalue weighted by atomic mass is 9.95. The van der Waals surface area contributed by atoms with E-state index in [1.165, 1.54) is 17.9 Å². The Morgan fingerprint density at radius 2 is 2.15 bits per heavy atom. The van der Waals surface area contributed by atoms with Crippen LogP contribution in [0.1, 0.15) is 20.3 Å². The van der Waals surface area contributed by atoms with Gasteiger partial charge in [-0.05, 0) is 26.0 Å². The first-order chi connectivity index (χ1) is 9.66. The molecule has 2 heterocycles. The number of nitrogens with one attached hydrogen (secondary N) is 2. The monoisotopic (exact) mass is 300 g/mol. The van der Waals surface area contributed by atoms with E-state index in [0.29, 0.717) is 6.04 Å². The average molecular weight is 300 g/mol. The van der Waals surface area contributed by atoms with Crippen molar-refractivity contribution in [1.29, 1.82) is 0 Å². The van der Waals surface area contributed by atoms with Crippen LogP contribution in [0.2, 0.25) is 0 Å². The van der Waals surface area contributed by atoms with Crippen LogP contribution in [0.5, 0.6) is 0 Å². The fourth-order valence-corrected chi connectivity index (χ4v) is 4.33. The lowest BCUT2D eigenvalue weighted by Crippen LogP contribution is -2.60. The van der Waals surface area contributed by atoms with E-state index in [4.69, 9.17) is 4.74 Å². The molecule has 0 aromatic heterocycles. The van der Waals surface area contributed by atoms with Crippen LogP contribution in [0.3, 0.4) is 0 Å². The van der Waals surface area contributed by atoms with Crippen molar-refractivity contribution >= 4 is 17.7 Å². The molecule has 20 heavy (non-hydrogen) atoms. The highest BCUT2D eigenvalue weighted by Crippen LogP contribution is 2.33. The van der Waals surface area contributed by atoms with Crippen molar-refractivity contribution in [3.05, 3.63) is 0 Å². The number of hydrogen-bond acceptors (Lipinski definition) is 4. The first-order valence-electron chi connectivity index (χ1n) is 7.54. The molecule has 2 fully saturated rings. The van der Waals surface area contributed by atoms with E-state index in [1.54, 1.807) is 0 Å². The van der Waals surface area contributed by atoms with Crippen LogP contribution in [-0.2, 0) is 4.74 Å². The highest BCUT2D eigenvalue weighted by Gasteiger charge is 2.40. The van der Waals surface area contributed by atoms with Crippen LogP contribution in [0.25, 0.3) is 0 Å². The average Bonchev–Trinajstić information content (AvgIpc) is 2.94. The molecule has 2 aliphatic rings. The maximum Gasteiger partial charge on any atom is 0.191 e. The molecule has 0 radical (unpaired) electrons. The zero-order valence-corrected chi connectivity index (χ0v) is 13.8. The predicted octanol–water partition coefficient (Wildman–Crippen LogP) is 0.768. The Balaban J connectivity index is 1.94. The number of morpholine rings is 1. The third-order valence-corrected chi connectivity index (χ3v) is 5.23. The summed E-state index contributed by atoms with van der Waals surface area (Å²) in [5.74, 6) is 3.37. The van der Waals surface area contributed by atoms with E-state index < -0.39 is 0 Å². The molecular formula is C14H28N4OS. The minimum absolute atomic E-state index is 0.267. The maximum atomic E-state index is 5.50. The van der Waals surface area contributed by atoms with Gasteiger partial charge in [-0.1, -0.05) is 0 Å². The number of aliphatic imine (C=N–C) groups is 1. The third kappa shape index (κ3) is 4.02. The standard InChI is InChI=1S/C14H28N4OS/c1-12(2)17-13(15-3)16-10-14(4-9-20-11-14)18-5-7-19-8-6-18/h12H,4-11H2,1-3H3,(H2,15,16,17). The summed E-state index contributed by atoms with van der Waals surface area (Å²) in [6.45, 7) is 9.08. The van der Waals surface area contributed by atoms with Gasteiger partial charge in [0.15, 0.2) is 5.96 Å². The zero-order chi connectivity index (χ0) is 14.4. The summed E-state index contributed by atoms with van der Waals surface area (Å²) < 4.78 is 5.50. The fraction of sp³-hybridized carbons (Fsp3) is 0.929. The minimum atomic E-state index is 0.267. The quantitative estimate of drug-likeness (QED) is 0.593. The second-order valence-electron chi connectivity index (χ2n) is 5.85. The van der Waals surface area contributed by atoms with Crippen molar-refractivity contribution in [3.8, 4) is 0 Å². The van der Waals surface area contributed by atoms with E-state index >= 15 is 0 Å². The van der Waals surface area contributed by atoms with Crippen LogP contribution in [0.4, 0.5) is 0 Å². The normalized spacial score (nSPS) is 28.9. The molecular weight excluding hydrogens is 272 g/mol. The Morgan fingerprint density at radius 1 is 1.40 bits per heavy atom. The molecule has 2 N–H and O–H groups in total. The molecule has 2 rings (SSSR count). The molecule has 0 aliphatic carbocycles. The number of nitrogens with zero attached hydrogens (tertiary/aromatic N) is 2. The highest BCUT2D eigenvalue weighted by molar-refractivity contribution is 7.99. The summed E-state index contributed by atoms with van der Waals surface area (Å²) in [4.78, 5) is 6.93. The van der Waals surface area contributed by atoms with Gasteiger partial charge in [0.1, 0.15) is 0 Å². The van der Waals surface area contributed by atoms with Crippen molar-refractivity contribution in [1.82, 2.24) is 15.5 Å². The topological polar surface area (TPSA) is 48.9 Å². The van der Waals surface area contributed by atoms with Crippen molar-refractivity contribution in [2.24, 2.45) is 4.99 Å². The number of hydrogen-bond donors (Lipinski definition) is 2. The Bertz CT molecular complexity index is 323. The number of guanidine groups is 1. The summed E-state index contributed by atoms with van der Waals surface area (Å²) in [5, 5.41) is 6.89. The molecule has 116 valence electrons. The number of rotatable bonds is 4. The van der Waals surface area contributed by atoms with E-state index in [9.17, 15) is 0 Å². The van der Waals surface area contributed by atoms with Gasteiger partial charge < -0.3 is 15.4 Å². The van der Waals surface area contributed by atoms with Crippen LogP contribution in [0.15, 0.2) is 4.99 Å². The van der Waals surface area contributed by atoms with Gasteiger partial charge in [-0.3, -0.25) is 9.89 Å². The van der Waals surface area contributed by atoms with Crippen LogP contribution in [0, 0.1) is 0 Å². The molecule has 0 spiro atoms. The number of thioether (sulfide) groups is 1. The molecule has 0 aromatic rings. The van der Waals surface area contributed by atoms with Gasteiger partial charge in [-0.25, -0.2) is 0 Å². The highest BCUT2D eigenvalue weighted by atomic mass is 32.2. The van der Waals surface area contributed by atoms with Gasteiger partial charge in [-0.2, -0.15) is 11.8 Å². The van der Waals surface area contributed by atoms with Gasteiger partial charge in [0.25, 0.3) is 0 Å². The van der Waals surface area contributed by atoms with Crippen molar-refractivity contribution in [3.63, 3.8) is 0 Å². The van der Waals surface area contributed by atoms with Gasteiger partial charge in [0, 0.05) is 44.0 Å². The van der Waals surface area contributed by atoms with Gasteiger partial charge in [0.05, 0.1) is 13.2 Å². The molecule has 0 aromatic carbocycles. The van der Waals surface area contributed by atoms with Crippen molar-refractivity contribution in [2.75, 3.05) is 51.4 Å². The first kappa shape index (κ1) is 15.9. The summed E-state index contributed by atoms with van der Waals surface area (Å²) in [7, 11) is 1.84. The molecule has 0 saturated carbocycles. The minimum Gasteiger partial charge on any atom is -0.379 e. The zero-order valence-electron chi connectivity index (χ0n) is 12.9. The number of ether oxygens (including phenoxy) is 1. The van der Waals surface area contributed by atoms with E-state index in [0.717, 1.165) is 38.8 Å². The van der Waals surface area contributed by atoms with Crippen molar-refractivity contribution in [2.45, 2.75) is 31.8 Å². The maximum absolute atomic E-state index is 5.50. The second kappa shape index (κ2) is 7.52. The van der Waals surface area contributed by atoms with Crippen LogP contribution in [-0.4, -0.2) is 73.8 Å². The molecule has 2 aliphatic heterocycles. The summed E-state index contributed by atoms with van der Waals surface area (Å²) >= 11 is 2.07. The van der Waals surface area contributed by atoms with E-state index in [1.807, 2.05) is 7.05 Å². The molecule has 0 bridgehead atoms. The smallest absolute Gasteiger partial charge is 0.191 e. The third-order valence-electron chi connectivity index (χ3n) is 4.00. The Morgan fingerprint density at radius 3 is 2.70 bits per heavy atom. The Labute approximate surface area is 126 Å². The lowest BCUT2D eigenvalue weighted by molar-refractivity contribution is -0.0120. The molecule has 1 unspecified atom stereocenters. The van der Waals surface area contributed by atoms with Gasteiger partial charge in [0.2, 0.25) is 0 Å². The predicted molar refractivity (Wildman–Crippen MR) is 86.7 cm³/mol. The fourth-order valence-electron chi connectivity index (χ4n) is 2.85.